The number of rotatable bonds is 53. The highest BCUT2D eigenvalue weighted by Gasteiger charge is 2.25. The van der Waals surface area contributed by atoms with Crippen LogP contribution in [-0.2, 0) is 33.3 Å². The fraction of sp³-hybridized carbons (Fsp3) is 0.514. The van der Waals surface area contributed by atoms with Crippen LogP contribution in [0.4, 0.5) is 0 Å². The molecule has 9 heteroatoms. The quantitative estimate of drug-likeness (QED) is 0.0211. The number of hydrogen-bond acceptors (Lipinski definition) is 7. The average molecular weight is 1120 g/mol. The first-order chi connectivity index (χ1) is 39.6. The van der Waals surface area contributed by atoms with Crippen molar-refractivity contribution in [3.8, 4) is 0 Å². The third kappa shape index (κ3) is 61.6. The monoisotopic (exact) mass is 1120 g/mol. The molecule has 0 radical (unpaired) electrons. The molecule has 0 aromatic rings. The molecule has 450 valence electrons. The molecule has 0 aliphatic carbocycles. The molecule has 9 nitrogen and oxygen atoms in total. The van der Waals surface area contributed by atoms with E-state index in [0.717, 1.165) is 141 Å². The number of unbranched alkanes of at least 4 members (excludes halogenated alkanes) is 6. The first kappa shape index (κ1) is 75.1. The Balaban J connectivity index is 4.42. The number of hydrogen-bond donors (Lipinski definition) is 1. The van der Waals surface area contributed by atoms with Gasteiger partial charge in [0.2, 0.25) is 0 Å². The number of ether oxygens (including phenoxy) is 4. The average Bonchev–Trinajstić information content (AvgIpc) is 3.44. The lowest BCUT2D eigenvalue weighted by atomic mass is 10.1. The van der Waals surface area contributed by atoms with Crippen LogP contribution in [0, 0.1) is 0 Å². The summed E-state index contributed by atoms with van der Waals surface area (Å²) in [6.45, 7) is 4.51. The van der Waals surface area contributed by atoms with Gasteiger partial charge in [-0.15, -0.1) is 0 Å². The molecule has 0 aliphatic heterocycles. The van der Waals surface area contributed by atoms with Crippen LogP contribution in [0.1, 0.15) is 181 Å². The zero-order valence-electron chi connectivity index (χ0n) is 51.1. The number of carbonyl (C=O) groups excluding carboxylic acids is 2. The second-order valence-electron chi connectivity index (χ2n) is 20.5. The molecule has 0 aliphatic rings. The van der Waals surface area contributed by atoms with Gasteiger partial charge in [0.25, 0.3) is 6.29 Å². The van der Waals surface area contributed by atoms with Crippen LogP contribution in [0.2, 0.25) is 0 Å². The normalized spacial score (nSPS) is 14.1. The van der Waals surface area contributed by atoms with E-state index in [2.05, 4.69) is 208 Å². The zero-order valence-corrected chi connectivity index (χ0v) is 51.1. The molecule has 0 amide bonds. The van der Waals surface area contributed by atoms with Gasteiger partial charge >= 0.3 is 17.9 Å². The van der Waals surface area contributed by atoms with Gasteiger partial charge in [0, 0.05) is 12.8 Å². The first-order valence-electron chi connectivity index (χ1n) is 30.6. The Morgan fingerprint density at radius 3 is 1.02 bits per heavy atom. The maximum absolute atomic E-state index is 12.9. The predicted octanol–water partition coefficient (Wildman–Crippen LogP) is 18.7. The Bertz CT molecular complexity index is 2020. The standard InChI is InChI=1S/C72H109NO8/c1-6-8-10-12-14-16-18-20-22-24-26-28-30-31-32-33-34-35-36-37-38-39-41-43-45-47-49-51-53-55-57-59-61-63-70(75)81-68(67-80-72(71(76)77)78-65-64-73(3,4)5)66-79-69(74)62-60-58-56-54-52-50-48-46-44-42-40-29-27-25-23-21-19-17-15-13-11-9-7-2/h8-11,14-17,20-23,26-29,31-32,34-35,37-38,41-44,47-50,54,56,68,72H,6-7,12-13,18-19,24-25,30,33,36,39-40,45-46,51-53,55,57-67H2,1-5H3/p+1/b10-8-,11-9-,16-14-,17-15-,22-20-,23-21-,28-26-,29-27-,32-31-,35-34-,38-37-,43-41-,44-42-,49-47-,50-48-,56-54-. The van der Waals surface area contributed by atoms with Crippen molar-refractivity contribution >= 4 is 17.9 Å². The highest BCUT2D eigenvalue weighted by atomic mass is 16.7. The molecule has 0 saturated carbocycles. The molecule has 0 bridgehead atoms. The van der Waals surface area contributed by atoms with E-state index in [1.807, 2.05) is 21.1 Å². The molecular formula is C72H110NO8+. The van der Waals surface area contributed by atoms with Gasteiger partial charge in [-0.3, -0.25) is 9.59 Å². The number of carbonyl (C=O) groups is 3. The SMILES string of the molecule is CC/C=C\C/C=C\C/C=C\C/C=C\C/C=C\C/C=C\C/C=C\C/C=C\C/C=C\CCCCCCCC(=O)OC(COC(=O)CCC/C=C\C/C=C\C/C=C\C/C=C\C/C=C\C/C=C\C/C=C\CC)COC(OCC[N+](C)(C)C)C(=O)O. The van der Waals surface area contributed by atoms with Crippen molar-refractivity contribution in [1.82, 2.24) is 0 Å². The fourth-order valence-corrected chi connectivity index (χ4v) is 7.23. The molecule has 2 unspecified atom stereocenters. The van der Waals surface area contributed by atoms with Gasteiger partial charge in [0.15, 0.2) is 6.10 Å². The number of likely N-dealkylation sites (N-methyl/N-ethyl adjacent to an activating group) is 1. The molecule has 81 heavy (non-hydrogen) atoms. The third-order valence-corrected chi connectivity index (χ3v) is 11.8. The number of aliphatic carboxylic acids is 1. The number of allylic oxidation sites excluding steroid dienone is 32. The lowest BCUT2D eigenvalue weighted by Crippen LogP contribution is -2.40. The van der Waals surface area contributed by atoms with E-state index in [1.165, 1.54) is 0 Å². The summed E-state index contributed by atoms with van der Waals surface area (Å²) in [5.41, 5.74) is 0. The Labute approximate surface area is 493 Å². The van der Waals surface area contributed by atoms with Crippen molar-refractivity contribution in [1.29, 1.82) is 0 Å². The summed E-state index contributed by atoms with van der Waals surface area (Å²) >= 11 is 0. The van der Waals surface area contributed by atoms with Crippen molar-refractivity contribution < 1.29 is 42.9 Å². The van der Waals surface area contributed by atoms with Crippen LogP contribution >= 0.6 is 0 Å². The van der Waals surface area contributed by atoms with Crippen molar-refractivity contribution in [2.45, 2.75) is 193 Å². The summed E-state index contributed by atoms with van der Waals surface area (Å²) in [5.74, 6) is -2.14. The van der Waals surface area contributed by atoms with E-state index in [9.17, 15) is 19.5 Å². The summed E-state index contributed by atoms with van der Waals surface area (Å²) in [4.78, 5) is 37.5. The first-order valence-corrected chi connectivity index (χ1v) is 30.6. The summed E-state index contributed by atoms with van der Waals surface area (Å²) in [7, 11) is 5.93. The van der Waals surface area contributed by atoms with Gasteiger partial charge in [-0.25, -0.2) is 4.79 Å². The van der Waals surface area contributed by atoms with Crippen molar-refractivity contribution in [2.75, 3.05) is 47.5 Å². The van der Waals surface area contributed by atoms with E-state index in [-0.39, 0.29) is 32.7 Å². The zero-order chi connectivity index (χ0) is 59.1. The molecule has 2 atom stereocenters. The highest BCUT2D eigenvalue weighted by Crippen LogP contribution is 2.12. The van der Waals surface area contributed by atoms with Gasteiger partial charge in [0.05, 0.1) is 34.4 Å². The summed E-state index contributed by atoms with van der Waals surface area (Å²) in [6.07, 6.45) is 90.9. The van der Waals surface area contributed by atoms with Gasteiger partial charge in [-0.1, -0.05) is 228 Å². The molecule has 0 fully saturated rings. The van der Waals surface area contributed by atoms with Crippen LogP contribution in [-0.4, -0.2) is 87.4 Å². The smallest absolute Gasteiger partial charge is 0.361 e. The third-order valence-electron chi connectivity index (χ3n) is 11.8. The van der Waals surface area contributed by atoms with Crippen molar-refractivity contribution in [3.05, 3.63) is 194 Å². The maximum atomic E-state index is 12.9. The number of quaternary nitrogens is 1. The van der Waals surface area contributed by atoms with Crippen molar-refractivity contribution in [2.24, 2.45) is 0 Å². The molecule has 0 aromatic carbocycles. The van der Waals surface area contributed by atoms with Gasteiger partial charge in [0.1, 0.15) is 13.2 Å². The Kier molecular flexibility index (Phi) is 55.9. The largest absolute Gasteiger partial charge is 0.477 e. The lowest BCUT2D eigenvalue weighted by molar-refractivity contribution is -0.870. The highest BCUT2D eigenvalue weighted by molar-refractivity contribution is 5.71. The maximum Gasteiger partial charge on any atom is 0.361 e. The van der Waals surface area contributed by atoms with Gasteiger partial charge < -0.3 is 28.5 Å². The van der Waals surface area contributed by atoms with Crippen LogP contribution in [0.3, 0.4) is 0 Å². The minimum absolute atomic E-state index is 0.162. The Morgan fingerprint density at radius 2 is 0.679 bits per heavy atom. The molecule has 0 spiro atoms. The predicted molar refractivity (Wildman–Crippen MR) is 345 cm³/mol. The number of nitrogens with zero attached hydrogens (tertiary/aromatic N) is 1. The van der Waals surface area contributed by atoms with Gasteiger partial charge in [-0.05, 0) is 135 Å². The van der Waals surface area contributed by atoms with E-state index in [1.54, 1.807) is 0 Å². The van der Waals surface area contributed by atoms with Gasteiger partial charge in [-0.2, -0.15) is 0 Å². The molecule has 1 N–H and O–H groups in total. The van der Waals surface area contributed by atoms with E-state index in [0.29, 0.717) is 23.9 Å². The van der Waals surface area contributed by atoms with Crippen LogP contribution < -0.4 is 0 Å². The Morgan fingerprint density at radius 1 is 0.370 bits per heavy atom. The van der Waals surface area contributed by atoms with E-state index >= 15 is 0 Å². The topological polar surface area (TPSA) is 108 Å². The molecular weight excluding hydrogens is 1010 g/mol. The molecule has 0 heterocycles. The molecule has 0 aromatic heterocycles. The number of esters is 2. The van der Waals surface area contributed by atoms with E-state index < -0.39 is 30.3 Å². The minimum atomic E-state index is -1.54. The summed E-state index contributed by atoms with van der Waals surface area (Å²) in [6, 6.07) is 0. The molecule has 0 rings (SSSR count). The van der Waals surface area contributed by atoms with E-state index in [4.69, 9.17) is 18.9 Å². The number of carboxylic acids is 1. The number of carboxylic acid groups (broad SMARTS) is 1. The minimum Gasteiger partial charge on any atom is -0.477 e. The van der Waals surface area contributed by atoms with Crippen LogP contribution in [0.25, 0.3) is 0 Å². The Hall–Kier alpha value is -5.87. The lowest BCUT2D eigenvalue weighted by Gasteiger charge is -2.25. The second-order valence-corrected chi connectivity index (χ2v) is 20.5. The fourth-order valence-electron chi connectivity index (χ4n) is 7.23. The summed E-state index contributed by atoms with van der Waals surface area (Å²) < 4.78 is 22.8. The second kappa shape index (κ2) is 60.2. The summed E-state index contributed by atoms with van der Waals surface area (Å²) in [5, 5.41) is 9.71. The van der Waals surface area contributed by atoms with Crippen molar-refractivity contribution in [3.63, 3.8) is 0 Å². The van der Waals surface area contributed by atoms with Crippen LogP contribution in [0.15, 0.2) is 194 Å². The molecule has 0 saturated heterocycles. The van der Waals surface area contributed by atoms with Crippen LogP contribution in [0.5, 0.6) is 0 Å².